The minimum Gasteiger partial charge on any atom is -0.241 e. The number of rotatable bonds is 3. The van der Waals surface area contributed by atoms with Gasteiger partial charge in [0.15, 0.2) is 0 Å². The fraction of sp³-hybridized carbons (Fsp3) is 0.0625. The number of fused-ring (bicyclic) bond motifs is 1. The van der Waals surface area contributed by atoms with Crippen LogP contribution in [-0.2, 0) is 5.75 Å². The minimum atomic E-state index is -0.201. The number of halogens is 2. The maximum absolute atomic E-state index is 12.8. The van der Waals surface area contributed by atoms with Crippen molar-refractivity contribution in [2.45, 2.75) is 10.8 Å². The molecule has 0 aliphatic rings. The Morgan fingerprint density at radius 2 is 1.80 bits per heavy atom. The van der Waals surface area contributed by atoms with E-state index in [4.69, 9.17) is 0 Å². The van der Waals surface area contributed by atoms with Gasteiger partial charge in [-0.05, 0) is 42.0 Å². The summed E-state index contributed by atoms with van der Waals surface area (Å²) >= 11 is 5.11. The zero-order valence-electron chi connectivity index (χ0n) is 10.5. The van der Waals surface area contributed by atoms with Crippen LogP contribution >= 0.6 is 27.7 Å². The van der Waals surface area contributed by atoms with Crippen molar-refractivity contribution in [3.63, 3.8) is 0 Å². The third kappa shape index (κ3) is 3.19. The van der Waals surface area contributed by atoms with Crippen LogP contribution in [0.25, 0.3) is 10.9 Å². The molecule has 3 rings (SSSR count). The van der Waals surface area contributed by atoms with E-state index in [1.807, 2.05) is 18.2 Å². The molecule has 0 saturated heterocycles. The standard InChI is InChI=1S/C16H11BrFNS/c17-13-4-7-15-12(9-13)3-8-16(19-15)20-10-11-1-5-14(18)6-2-11/h1-9H,10H2. The van der Waals surface area contributed by atoms with Crippen LogP contribution in [0.3, 0.4) is 0 Å². The summed E-state index contributed by atoms with van der Waals surface area (Å²) < 4.78 is 13.9. The lowest BCUT2D eigenvalue weighted by molar-refractivity contribution is 0.627. The minimum absolute atomic E-state index is 0.201. The first-order valence-electron chi connectivity index (χ1n) is 6.14. The summed E-state index contributed by atoms with van der Waals surface area (Å²) in [6.07, 6.45) is 0. The van der Waals surface area contributed by atoms with E-state index in [1.54, 1.807) is 23.9 Å². The molecule has 0 bridgehead atoms. The summed E-state index contributed by atoms with van der Waals surface area (Å²) in [4.78, 5) is 4.62. The Morgan fingerprint density at radius 1 is 1.00 bits per heavy atom. The van der Waals surface area contributed by atoms with Gasteiger partial charge in [0.2, 0.25) is 0 Å². The molecular formula is C16H11BrFNS. The molecule has 0 amide bonds. The highest BCUT2D eigenvalue weighted by molar-refractivity contribution is 9.10. The zero-order chi connectivity index (χ0) is 13.9. The normalized spacial score (nSPS) is 10.9. The predicted octanol–water partition coefficient (Wildman–Crippen LogP) is 5.43. The molecule has 0 atom stereocenters. The van der Waals surface area contributed by atoms with Gasteiger partial charge < -0.3 is 0 Å². The van der Waals surface area contributed by atoms with Crippen molar-refractivity contribution < 1.29 is 4.39 Å². The molecule has 4 heteroatoms. The van der Waals surface area contributed by atoms with Gasteiger partial charge in [0.25, 0.3) is 0 Å². The average molecular weight is 348 g/mol. The van der Waals surface area contributed by atoms with Crippen LogP contribution in [0.5, 0.6) is 0 Å². The van der Waals surface area contributed by atoms with E-state index in [2.05, 4.69) is 33.0 Å². The van der Waals surface area contributed by atoms with E-state index in [1.165, 1.54) is 12.1 Å². The van der Waals surface area contributed by atoms with Gasteiger partial charge in [0.1, 0.15) is 5.82 Å². The van der Waals surface area contributed by atoms with Gasteiger partial charge in [0, 0.05) is 15.6 Å². The molecule has 20 heavy (non-hydrogen) atoms. The summed E-state index contributed by atoms with van der Waals surface area (Å²) in [5.74, 6) is 0.586. The number of hydrogen-bond acceptors (Lipinski definition) is 2. The van der Waals surface area contributed by atoms with Crippen molar-refractivity contribution in [1.29, 1.82) is 0 Å². The molecular weight excluding hydrogens is 337 g/mol. The Labute approximate surface area is 129 Å². The number of pyridine rings is 1. The maximum atomic E-state index is 12.8. The lowest BCUT2D eigenvalue weighted by atomic mass is 10.2. The topological polar surface area (TPSA) is 12.9 Å². The monoisotopic (exact) mass is 347 g/mol. The Balaban J connectivity index is 1.77. The molecule has 0 unspecified atom stereocenters. The molecule has 0 saturated carbocycles. The summed E-state index contributed by atoms with van der Waals surface area (Å²) in [7, 11) is 0. The Morgan fingerprint density at radius 3 is 2.60 bits per heavy atom. The molecule has 1 aromatic heterocycles. The molecule has 100 valence electrons. The second kappa shape index (κ2) is 5.94. The smallest absolute Gasteiger partial charge is 0.123 e. The fourth-order valence-electron chi connectivity index (χ4n) is 1.90. The number of nitrogens with zero attached hydrogens (tertiary/aromatic N) is 1. The molecule has 0 fully saturated rings. The molecule has 0 radical (unpaired) electrons. The lowest BCUT2D eigenvalue weighted by Gasteiger charge is -2.04. The maximum Gasteiger partial charge on any atom is 0.123 e. The van der Waals surface area contributed by atoms with Crippen molar-refractivity contribution in [3.8, 4) is 0 Å². The highest BCUT2D eigenvalue weighted by Crippen LogP contribution is 2.25. The lowest BCUT2D eigenvalue weighted by Crippen LogP contribution is -1.85. The highest BCUT2D eigenvalue weighted by Gasteiger charge is 2.01. The van der Waals surface area contributed by atoms with Crippen molar-refractivity contribution in [1.82, 2.24) is 4.98 Å². The van der Waals surface area contributed by atoms with Gasteiger partial charge in [-0.25, -0.2) is 9.37 Å². The highest BCUT2D eigenvalue weighted by atomic mass is 79.9. The molecule has 0 spiro atoms. The van der Waals surface area contributed by atoms with E-state index in [0.717, 1.165) is 31.7 Å². The number of thioether (sulfide) groups is 1. The third-order valence-corrected chi connectivity index (χ3v) is 4.42. The second-order valence-electron chi connectivity index (χ2n) is 4.40. The molecule has 0 N–H and O–H groups in total. The van der Waals surface area contributed by atoms with E-state index >= 15 is 0 Å². The average Bonchev–Trinajstić information content (AvgIpc) is 2.46. The van der Waals surface area contributed by atoms with E-state index in [9.17, 15) is 4.39 Å². The van der Waals surface area contributed by atoms with Gasteiger partial charge in [-0.2, -0.15) is 0 Å². The Bertz CT molecular complexity index is 743. The van der Waals surface area contributed by atoms with Crippen molar-refractivity contribution in [3.05, 3.63) is 70.5 Å². The first-order chi connectivity index (χ1) is 9.70. The van der Waals surface area contributed by atoms with Gasteiger partial charge >= 0.3 is 0 Å². The van der Waals surface area contributed by atoms with E-state index in [-0.39, 0.29) is 5.82 Å². The van der Waals surface area contributed by atoms with E-state index in [0.29, 0.717) is 0 Å². The zero-order valence-corrected chi connectivity index (χ0v) is 12.9. The largest absolute Gasteiger partial charge is 0.241 e. The van der Waals surface area contributed by atoms with Crippen molar-refractivity contribution in [2.75, 3.05) is 0 Å². The Hall–Kier alpha value is -1.39. The Kier molecular flexibility index (Phi) is 4.03. The van der Waals surface area contributed by atoms with Crippen LogP contribution in [-0.4, -0.2) is 4.98 Å². The van der Waals surface area contributed by atoms with Crippen LogP contribution in [0.2, 0.25) is 0 Å². The van der Waals surface area contributed by atoms with Crippen LogP contribution in [0, 0.1) is 5.82 Å². The first-order valence-corrected chi connectivity index (χ1v) is 7.92. The van der Waals surface area contributed by atoms with Gasteiger partial charge in [-0.15, -0.1) is 11.8 Å². The molecule has 0 aliphatic heterocycles. The van der Waals surface area contributed by atoms with Crippen LogP contribution in [0.1, 0.15) is 5.56 Å². The summed E-state index contributed by atoms with van der Waals surface area (Å²) in [6, 6.07) is 16.7. The van der Waals surface area contributed by atoms with Gasteiger partial charge in [-0.1, -0.05) is 34.1 Å². The molecule has 2 aromatic carbocycles. The molecule has 1 nitrogen and oxygen atoms in total. The number of hydrogen-bond donors (Lipinski definition) is 0. The van der Waals surface area contributed by atoms with Crippen LogP contribution in [0.15, 0.2) is 64.1 Å². The SMILES string of the molecule is Fc1ccc(CSc2ccc3cc(Br)ccc3n2)cc1. The fourth-order valence-corrected chi connectivity index (χ4v) is 3.11. The third-order valence-electron chi connectivity index (χ3n) is 2.93. The summed E-state index contributed by atoms with van der Waals surface area (Å²) in [5, 5.41) is 2.09. The van der Waals surface area contributed by atoms with Crippen molar-refractivity contribution >= 4 is 38.6 Å². The molecule has 1 heterocycles. The predicted molar refractivity (Wildman–Crippen MR) is 85.4 cm³/mol. The molecule has 0 aliphatic carbocycles. The van der Waals surface area contributed by atoms with Gasteiger partial charge in [-0.3, -0.25) is 0 Å². The quantitative estimate of drug-likeness (QED) is 0.586. The van der Waals surface area contributed by atoms with Crippen LogP contribution in [0.4, 0.5) is 4.39 Å². The van der Waals surface area contributed by atoms with Gasteiger partial charge in [0.05, 0.1) is 10.5 Å². The summed E-state index contributed by atoms with van der Waals surface area (Å²) in [6.45, 7) is 0. The second-order valence-corrected chi connectivity index (χ2v) is 6.31. The van der Waals surface area contributed by atoms with Crippen LogP contribution < -0.4 is 0 Å². The number of aromatic nitrogens is 1. The number of benzene rings is 2. The van der Waals surface area contributed by atoms with E-state index < -0.39 is 0 Å². The summed E-state index contributed by atoms with van der Waals surface area (Å²) in [5.41, 5.74) is 2.08. The molecule has 3 aromatic rings. The first kappa shape index (κ1) is 13.6. The van der Waals surface area contributed by atoms with Crippen molar-refractivity contribution in [2.24, 2.45) is 0 Å².